The summed E-state index contributed by atoms with van der Waals surface area (Å²) in [5.41, 5.74) is 0.179. The van der Waals surface area contributed by atoms with E-state index in [4.69, 9.17) is 5.11 Å². The Labute approximate surface area is 111 Å². The Hall–Kier alpha value is -1.95. The van der Waals surface area contributed by atoms with Crippen molar-refractivity contribution in [3.63, 3.8) is 0 Å². The van der Waals surface area contributed by atoms with E-state index in [0.29, 0.717) is 13.1 Å². The van der Waals surface area contributed by atoms with Gasteiger partial charge in [0.05, 0.1) is 11.1 Å². The van der Waals surface area contributed by atoms with E-state index in [0.717, 1.165) is 19.6 Å². The molecule has 0 aliphatic carbocycles. The second-order valence-corrected chi connectivity index (χ2v) is 4.45. The molecule has 6 nitrogen and oxygen atoms in total. The first kappa shape index (κ1) is 13.5. The molecule has 0 aromatic carbocycles. The summed E-state index contributed by atoms with van der Waals surface area (Å²) in [7, 11) is 0. The summed E-state index contributed by atoms with van der Waals surface area (Å²) in [6.07, 6.45) is 2.72. The molecule has 1 aliphatic rings. The SMILES string of the molecule is CCN1CCN(C(=O)c2cnccc2C(=O)O)CC1. The number of hydrogen-bond acceptors (Lipinski definition) is 4. The number of aromatic carboxylic acids is 1. The van der Waals surface area contributed by atoms with E-state index in [2.05, 4.69) is 16.8 Å². The summed E-state index contributed by atoms with van der Waals surface area (Å²) in [6.45, 7) is 5.95. The van der Waals surface area contributed by atoms with E-state index in [1.807, 2.05) is 0 Å². The number of pyridine rings is 1. The number of likely N-dealkylation sites (N-methyl/N-ethyl adjacent to an activating group) is 1. The van der Waals surface area contributed by atoms with Crippen molar-refractivity contribution in [1.29, 1.82) is 0 Å². The van der Waals surface area contributed by atoms with Crippen LogP contribution in [-0.4, -0.2) is 64.5 Å². The summed E-state index contributed by atoms with van der Waals surface area (Å²) in [4.78, 5) is 31.2. The Morgan fingerprint density at radius 3 is 2.53 bits per heavy atom. The zero-order valence-corrected chi connectivity index (χ0v) is 10.9. The highest BCUT2D eigenvalue weighted by Crippen LogP contribution is 2.12. The van der Waals surface area contributed by atoms with Gasteiger partial charge < -0.3 is 14.9 Å². The van der Waals surface area contributed by atoms with Crippen LogP contribution in [0, 0.1) is 0 Å². The molecule has 1 fully saturated rings. The lowest BCUT2D eigenvalue weighted by Gasteiger charge is -2.34. The van der Waals surface area contributed by atoms with Gasteiger partial charge in [-0.2, -0.15) is 0 Å². The Kier molecular flexibility index (Phi) is 4.11. The zero-order chi connectivity index (χ0) is 13.8. The van der Waals surface area contributed by atoms with Crippen molar-refractivity contribution >= 4 is 11.9 Å². The quantitative estimate of drug-likeness (QED) is 0.862. The molecule has 1 saturated heterocycles. The van der Waals surface area contributed by atoms with Crippen molar-refractivity contribution in [3.05, 3.63) is 29.6 Å². The molecule has 1 aromatic heterocycles. The largest absolute Gasteiger partial charge is 0.478 e. The Morgan fingerprint density at radius 2 is 1.95 bits per heavy atom. The Morgan fingerprint density at radius 1 is 1.26 bits per heavy atom. The van der Waals surface area contributed by atoms with Crippen LogP contribution in [0.15, 0.2) is 18.5 Å². The van der Waals surface area contributed by atoms with Crippen LogP contribution in [0.1, 0.15) is 27.6 Å². The van der Waals surface area contributed by atoms with Crippen LogP contribution in [0.3, 0.4) is 0 Å². The molecule has 1 aromatic rings. The second-order valence-electron chi connectivity index (χ2n) is 4.45. The van der Waals surface area contributed by atoms with Crippen LogP contribution >= 0.6 is 0 Å². The predicted octanol–water partition coefficient (Wildman–Crippen LogP) is 0.558. The van der Waals surface area contributed by atoms with Crippen LogP contribution in [0.25, 0.3) is 0 Å². The fourth-order valence-electron chi connectivity index (χ4n) is 2.19. The van der Waals surface area contributed by atoms with Gasteiger partial charge in [0.2, 0.25) is 0 Å². The van der Waals surface area contributed by atoms with Gasteiger partial charge in [0, 0.05) is 38.6 Å². The zero-order valence-electron chi connectivity index (χ0n) is 10.9. The van der Waals surface area contributed by atoms with Gasteiger partial charge in [0.25, 0.3) is 5.91 Å². The highest BCUT2D eigenvalue weighted by atomic mass is 16.4. The number of carbonyl (C=O) groups excluding carboxylic acids is 1. The molecule has 2 rings (SSSR count). The monoisotopic (exact) mass is 263 g/mol. The number of carbonyl (C=O) groups is 2. The van der Waals surface area contributed by atoms with Gasteiger partial charge in [-0.05, 0) is 12.6 Å². The lowest BCUT2D eigenvalue weighted by molar-refractivity contribution is 0.0620. The normalized spacial score (nSPS) is 16.4. The third-order valence-electron chi connectivity index (χ3n) is 3.39. The molecule has 0 saturated carbocycles. The molecule has 19 heavy (non-hydrogen) atoms. The average molecular weight is 263 g/mol. The van der Waals surface area contributed by atoms with E-state index in [1.54, 1.807) is 4.90 Å². The van der Waals surface area contributed by atoms with Crippen LogP contribution in [0.4, 0.5) is 0 Å². The molecular formula is C13H17N3O3. The van der Waals surface area contributed by atoms with Crippen LogP contribution in [0.2, 0.25) is 0 Å². The maximum absolute atomic E-state index is 12.3. The molecule has 1 N–H and O–H groups in total. The molecule has 0 spiro atoms. The maximum atomic E-state index is 12.3. The Bertz CT molecular complexity index is 482. The van der Waals surface area contributed by atoms with Crippen molar-refractivity contribution < 1.29 is 14.7 Å². The van der Waals surface area contributed by atoms with Crippen molar-refractivity contribution in [2.24, 2.45) is 0 Å². The van der Waals surface area contributed by atoms with Gasteiger partial charge in [-0.1, -0.05) is 6.92 Å². The van der Waals surface area contributed by atoms with Crippen LogP contribution in [0.5, 0.6) is 0 Å². The first-order chi connectivity index (χ1) is 9.13. The number of piperazine rings is 1. The number of carboxylic acid groups (broad SMARTS) is 1. The fraction of sp³-hybridized carbons (Fsp3) is 0.462. The third-order valence-corrected chi connectivity index (χ3v) is 3.39. The molecule has 1 aliphatic heterocycles. The summed E-state index contributed by atoms with van der Waals surface area (Å²) >= 11 is 0. The van der Waals surface area contributed by atoms with Gasteiger partial charge in [0.15, 0.2) is 0 Å². The Balaban J connectivity index is 2.15. The van der Waals surface area contributed by atoms with E-state index >= 15 is 0 Å². The second kappa shape index (κ2) is 5.79. The summed E-state index contributed by atoms with van der Waals surface area (Å²) in [5.74, 6) is -1.35. The number of nitrogens with zero attached hydrogens (tertiary/aromatic N) is 3. The molecule has 0 radical (unpaired) electrons. The van der Waals surface area contributed by atoms with Crippen molar-refractivity contribution in [2.45, 2.75) is 6.92 Å². The van der Waals surface area contributed by atoms with E-state index < -0.39 is 5.97 Å². The van der Waals surface area contributed by atoms with E-state index in [1.165, 1.54) is 18.5 Å². The number of hydrogen-bond donors (Lipinski definition) is 1. The summed E-state index contributed by atoms with van der Waals surface area (Å²) in [5, 5.41) is 9.09. The number of rotatable bonds is 3. The van der Waals surface area contributed by atoms with Crippen molar-refractivity contribution in [2.75, 3.05) is 32.7 Å². The average Bonchev–Trinajstić information content (AvgIpc) is 2.46. The summed E-state index contributed by atoms with van der Waals surface area (Å²) in [6, 6.07) is 1.36. The van der Waals surface area contributed by atoms with Crippen molar-refractivity contribution in [3.8, 4) is 0 Å². The first-order valence-corrected chi connectivity index (χ1v) is 6.32. The number of carboxylic acids is 1. The predicted molar refractivity (Wildman–Crippen MR) is 69.2 cm³/mol. The molecule has 1 amide bonds. The van der Waals surface area contributed by atoms with Gasteiger partial charge in [-0.15, -0.1) is 0 Å². The van der Waals surface area contributed by atoms with Crippen LogP contribution < -0.4 is 0 Å². The van der Waals surface area contributed by atoms with E-state index in [-0.39, 0.29) is 17.0 Å². The minimum absolute atomic E-state index is 0.0120. The van der Waals surface area contributed by atoms with Gasteiger partial charge in [-0.3, -0.25) is 9.78 Å². The molecule has 102 valence electrons. The molecule has 0 bridgehead atoms. The van der Waals surface area contributed by atoms with Gasteiger partial charge >= 0.3 is 5.97 Å². The number of amides is 1. The summed E-state index contributed by atoms with van der Waals surface area (Å²) < 4.78 is 0. The maximum Gasteiger partial charge on any atom is 0.336 e. The molecule has 0 atom stereocenters. The highest BCUT2D eigenvalue weighted by Gasteiger charge is 2.24. The molecule has 2 heterocycles. The number of aromatic nitrogens is 1. The fourth-order valence-corrected chi connectivity index (χ4v) is 2.19. The van der Waals surface area contributed by atoms with Gasteiger partial charge in [0.1, 0.15) is 0 Å². The minimum Gasteiger partial charge on any atom is -0.478 e. The minimum atomic E-state index is -1.10. The third kappa shape index (κ3) is 2.90. The van der Waals surface area contributed by atoms with Crippen LogP contribution in [-0.2, 0) is 0 Å². The highest BCUT2D eigenvalue weighted by molar-refractivity contribution is 6.04. The lowest BCUT2D eigenvalue weighted by Crippen LogP contribution is -2.48. The topological polar surface area (TPSA) is 73.7 Å². The lowest BCUT2D eigenvalue weighted by atomic mass is 10.1. The standard InChI is InChI=1S/C13H17N3O3/c1-2-15-5-7-16(8-6-15)12(17)11-9-14-4-3-10(11)13(18)19/h3-4,9H,2,5-8H2,1H3,(H,18,19). The molecule has 6 heteroatoms. The first-order valence-electron chi connectivity index (χ1n) is 6.32. The molecular weight excluding hydrogens is 246 g/mol. The van der Waals surface area contributed by atoms with Crippen molar-refractivity contribution in [1.82, 2.24) is 14.8 Å². The molecule has 0 unspecified atom stereocenters. The smallest absolute Gasteiger partial charge is 0.336 e. The van der Waals surface area contributed by atoms with E-state index in [9.17, 15) is 9.59 Å². The van der Waals surface area contributed by atoms with Gasteiger partial charge in [-0.25, -0.2) is 4.79 Å².